The normalized spacial score (nSPS) is 9.60. The number of ether oxygens (including phenoxy) is 1. The van der Waals surface area contributed by atoms with E-state index in [9.17, 15) is 9.65 Å². The van der Waals surface area contributed by atoms with E-state index in [1.54, 1.807) is 24.3 Å². The van der Waals surface area contributed by atoms with Gasteiger partial charge in [0.2, 0.25) is 0 Å². The van der Waals surface area contributed by atoms with Gasteiger partial charge < -0.3 is 4.74 Å². The largest absolute Gasteiger partial charge is 0.454 e. The van der Waals surface area contributed by atoms with Crippen molar-refractivity contribution in [2.75, 3.05) is 6.26 Å². The number of halogens is 1. The molecule has 0 bridgehead atoms. The number of nitriles is 2. The van der Waals surface area contributed by atoms with Crippen molar-refractivity contribution in [3.63, 3.8) is 0 Å². The van der Waals surface area contributed by atoms with Crippen molar-refractivity contribution in [1.82, 2.24) is 0 Å². The van der Waals surface area contributed by atoms with Crippen molar-refractivity contribution in [3.05, 3.63) is 53.3 Å². The fraction of sp³-hybridized carbons (Fsp3) is 0.0667. The second-order valence-corrected chi connectivity index (χ2v) is 4.62. The molecule has 0 saturated heterocycles. The minimum absolute atomic E-state index is 0.0993. The Morgan fingerprint density at radius 1 is 1.00 bits per heavy atom. The van der Waals surface area contributed by atoms with Crippen molar-refractivity contribution in [3.8, 4) is 23.6 Å². The predicted molar refractivity (Wildman–Crippen MR) is 74.1 cm³/mol. The Hall–Kier alpha value is -2.50. The molecule has 3 nitrogen and oxygen atoms in total. The van der Waals surface area contributed by atoms with Crippen LogP contribution in [0.25, 0.3) is 0 Å². The summed E-state index contributed by atoms with van der Waals surface area (Å²) in [5.74, 6) is -0.242. The van der Waals surface area contributed by atoms with Gasteiger partial charge >= 0.3 is 0 Å². The SMILES string of the molecule is CSc1cccc(Oc2cccc(F)c2C#N)c1C#N. The molecule has 0 heterocycles. The van der Waals surface area contributed by atoms with Gasteiger partial charge in [-0.15, -0.1) is 11.8 Å². The molecule has 20 heavy (non-hydrogen) atoms. The highest BCUT2D eigenvalue weighted by molar-refractivity contribution is 7.98. The van der Waals surface area contributed by atoms with Gasteiger partial charge in [-0.3, -0.25) is 0 Å². The van der Waals surface area contributed by atoms with Gasteiger partial charge in [-0.05, 0) is 30.5 Å². The Balaban J connectivity index is 2.50. The molecule has 0 radical (unpaired) electrons. The fourth-order valence-corrected chi connectivity index (χ4v) is 2.26. The van der Waals surface area contributed by atoms with Gasteiger partial charge in [-0.25, -0.2) is 4.39 Å². The quantitative estimate of drug-likeness (QED) is 0.797. The maximum Gasteiger partial charge on any atom is 0.148 e. The standard InChI is InChI=1S/C15H9FN2OS/c1-20-15-7-3-6-14(11(15)9-18)19-13-5-2-4-12(16)10(13)8-17/h2-7H,1H3. The van der Waals surface area contributed by atoms with Crippen LogP contribution in [0.1, 0.15) is 11.1 Å². The Kier molecular flexibility index (Phi) is 4.24. The topological polar surface area (TPSA) is 56.8 Å². The van der Waals surface area contributed by atoms with Crippen LogP contribution in [0.5, 0.6) is 11.5 Å². The first kappa shape index (κ1) is 13.9. The zero-order valence-corrected chi connectivity index (χ0v) is 11.4. The molecule has 0 fully saturated rings. The summed E-state index contributed by atoms with van der Waals surface area (Å²) in [6, 6.07) is 13.1. The van der Waals surface area contributed by atoms with Gasteiger partial charge in [-0.1, -0.05) is 12.1 Å². The van der Waals surface area contributed by atoms with Crippen molar-refractivity contribution in [2.24, 2.45) is 0 Å². The molecule has 2 rings (SSSR count). The van der Waals surface area contributed by atoms with Crippen LogP contribution in [0.15, 0.2) is 41.3 Å². The second kappa shape index (κ2) is 6.10. The highest BCUT2D eigenvalue weighted by Gasteiger charge is 2.13. The molecular weight excluding hydrogens is 275 g/mol. The van der Waals surface area contributed by atoms with E-state index < -0.39 is 5.82 Å². The summed E-state index contributed by atoms with van der Waals surface area (Å²) < 4.78 is 19.1. The lowest BCUT2D eigenvalue weighted by Gasteiger charge is -2.10. The summed E-state index contributed by atoms with van der Waals surface area (Å²) in [5, 5.41) is 18.2. The van der Waals surface area contributed by atoms with E-state index in [2.05, 4.69) is 6.07 Å². The molecule has 0 aliphatic rings. The summed E-state index contributed by atoms with van der Waals surface area (Å²) in [5.41, 5.74) is 0.194. The molecular formula is C15H9FN2OS. The Morgan fingerprint density at radius 3 is 2.20 bits per heavy atom. The van der Waals surface area contributed by atoms with Gasteiger partial charge in [0.15, 0.2) is 0 Å². The lowest BCUT2D eigenvalue weighted by atomic mass is 10.2. The third kappa shape index (κ3) is 2.59. The van der Waals surface area contributed by atoms with Crippen LogP contribution in [-0.2, 0) is 0 Å². The molecule has 2 aromatic carbocycles. The lowest BCUT2D eigenvalue weighted by molar-refractivity contribution is 0.471. The Labute approximate surface area is 120 Å². The minimum atomic E-state index is -0.649. The molecule has 5 heteroatoms. The minimum Gasteiger partial charge on any atom is -0.454 e. The molecule has 0 saturated carbocycles. The van der Waals surface area contributed by atoms with E-state index in [4.69, 9.17) is 10.00 Å². The third-order valence-electron chi connectivity index (χ3n) is 2.63. The van der Waals surface area contributed by atoms with Crippen LogP contribution in [0.4, 0.5) is 4.39 Å². The van der Waals surface area contributed by atoms with Crippen LogP contribution >= 0.6 is 11.8 Å². The van der Waals surface area contributed by atoms with Crippen LogP contribution in [0.2, 0.25) is 0 Å². The van der Waals surface area contributed by atoms with Crippen LogP contribution < -0.4 is 4.74 Å². The molecule has 98 valence electrons. The van der Waals surface area contributed by atoms with Crippen molar-refractivity contribution < 1.29 is 9.13 Å². The molecule has 2 aromatic rings. The van der Waals surface area contributed by atoms with E-state index in [1.165, 1.54) is 30.0 Å². The number of hydrogen-bond donors (Lipinski definition) is 0. The highest BCUT2D eigenvalue weighted by atomic mass is 32.2. The average molecular weight is 284 g/mol. The van der Waals surface area contributed by atoms with E-state index in [0.29, 0.717) is 11.3 Å². The van der Waals surface area contributed by atoms with E-state index in [-0.39, 0.29) is 11.3 Å². The average Bonchev–Trinajstić information content (AvgIpc) is 2.47. The molecule has 0 spiro atoms. The molecule has 0 aromatic heterocycles. The summed E-state index contributed by atoms with van der Waals surface area (Å²) in [6.45, 7) is 0. The molecule has 0 aliphatic heterocycles. The van der Waals surface area contributed by atoms with Gasteiger partial charge in [0.05, 0.1) is 0 Å². The molecule has 0 amide bonds. The highest BCUT2D eigenvalue weighted by Crippen LogP contribution is 2.33. The van der Waals surface area contributed by atoms with Crippen LogP contribution in [-0.4, -0.2) is 6.26 Å². The first-order chi connectivity index (χ1) is 9.71. The van der Waals surface area contributed by atoms with Gasteiger partial charge in [0.25, 0.3) is 0 Å². The molecule has 0 unspecified atom stereocenters. The number of hydrogen-bond acceptors (Lipinski definition) is 4. The van der Waals surface area contributed by atoms with E-state index >= 15 is 0 Å². The Bertz CT molecular complexity index is 732. The van der Waals surface area contributed by atoms with Gasteiger partial charge in [-0.2, -0.15) is 10.5 Å². The predicted octanol–water partition coefficient (Wildman–Crippen LogP) is 4.08. The molecule has 0 N–H and O–H groups in total. The Morgan fingerprint density at radius 2 is 1.60 bits per heavy atom. The van der Waals surface area contributed by atoms with Gasteiger partial charge in [0, 0.05) is 4.90 Å². The molecule has 0 atom stereocenters. The monoisotopic (exact) mass is 284 g/mol. The number of benzene rings is 2. The van der Waals surface area contributed by atoms with E-state index in [1.807, 2.05) is 6.26 Å². The summed E-state index contributed by atoms with van der Waals surface area (Å²) in [7, 11) is 0. The summed E-state index contributed by atoms with van der Waals surface area (Å²) >= 11 is 1.42. The zero-order valence-electron chi connectivity index (χ0n) is 10.6. The molecule has 0 aliphatic carbocycles. The zero-order chi connectivity index (χ0) is 14.5. The third-order valence-corrected chi connectivity index (χ3v) is 3.41. The van der Waals surface area contributed by atoms with Crippen molar-refractivity contribution in [2.45, 2.75) is 4.90 Å². The fourth-order valence-electron chi connectivity index (χ4n) is 1.69. The smallest absolute Gasteiger partial charge is 0.148 e. The first-order valence-electron chi connectivity index (χ1n) is 5.64. The summed E-state index contributed by atoms with van der Waals surface area (Å²) in [6.07, 6.45) is 1.85. The number of nitrogens with zero attached hydrogens (tertiary/aromatic N) is 2. The maximum atomic E-state index is 13.5. The van der Waals surface area contributed by atoms with Crippen LogP contribution in [0.3, 0.4) is 0 Å². The second-order valence-electron chi connectivity index (χ2n) is 3.77. The van der Waals surface area contributed by atoms with Crippen molar-refractivity contribution >= 4 is 11.8 Å². The van der Waals surface area contributed by atoms with E-state index in [0.717, 1.165) is 4.90 Å². The summed E-state index contributed by atoms with van der Waals surface area (Å²) in [4.78, 5) is 0.764. The van der Waals surface area contributed by atoms with Crippen molar-refractivity contribution in [1.29, 1.82) is 10.5 Å². The van der Waals surface area contributed by atoms with Gasteiger partial charge in [0.1, 0.15) is 40.6 Å². The number of rotatable bonds is 3. The van der Waals surface area contributed by atoms with Crippen LogP contribution in [0, 0.1) is 28.5 Å². The maximum absolute atomic E-state index is 13.5. The lowest BCUT2D eigenvalue weighted by Crippen LogP contribution is -1.94. The first-order valence-corrected chi connectivity index (χ1v) is 6.87. The number of thioether (sulfide) groups is 1.